The van der Waals surface area contributed by atoms with Crippen LogP contribution in [-0.2, 0) is 0 Å². The molecule has 0 aliphatic carbocycles. The molecule has 1 aliphatic heterocycles. The lowest BCUT2D eigenvalue weighted by atomic mass is 10.1. The number of aromatic nitrogens is 1. The highest BCUT2D eigenvalue weighted by molar-refractivity contribution is 6.00. The van der Waals surface area contributed by atoms with E-state index < -0.39 is 0 Å². The standard InChI is InChI=1S/C15H18N4O/c1-10-6-7-19(9-10)15(20)13-8-11-4-2-3-5-12(11)14(17-13)18-16/h2-5,8,10H,6-7,9,16H2,1H3,(H,17,18). The number of rotatable bonds is 2. The Hall–Kier alpha value is -2.14. The van der Waals surface area contributed by atoms with Gasteiger partial charge in [0.15, 0.2) is 0 Å². The Bertz CT molecular complexity index is 655. The predicted octanol–water partition coefficient (Wildman–Crippen LogP) is 2.00. The number of amides is 1. The predicted molar refractivity (Wildman–Crippen MR) is 79.2 cm³/mol. The van der Waals surface area contributed by atoms with Crippen LogP contribution < -0.4 is 11.3 Å². The number of likely N-dealkylation sites (tertiary alicyclic amines) is 1. The molecule has 3 N–H and O–H groups in total. The highest BCUT2D eigenvalue weighted by Gasteiger charge is 2.25. The Morgan fingerprint density at radius 3 is 2.95 bits per heavy atom. The van der Waals surface area contributed by atoms with Crippen LogP contribution in [0.25, 0.3) is 10.8 Å². The summed E-state index contributed by atoms with van der Waals surface area (Å²) >= 11 is 0. The number of pyridine rings is 1. The van der Waals surface area contributed by atoms with Crippen LogP contribution in [0.1, 0.15) is 23.8 Å². The van der Waals surface area contributed by atoms with Crippen molar-refractivity contribution in [3.8, 4) is 0 Å². The van der Waals surface area contributed by atoms with Gasteiger partial charge in [0.25, 0.3) is 5.91 Å². The van der Waals surface area contributed by atoms with Crippen molar-refractivity contribution in [3.63, 3.8) is 0 Å². The van der Waals surface area contributed by atoms with Crippen LogP contribution in [0, 0.1) is 5.92 Å². The molecule has 1 amide bonds. The van der Waals surface area contributed by atoms with E-state index in [9.17, 15) is 4.79 Å². The van der Waals surface area contributed by atoms with E-state index in [0.29, 0.717) is 17.4 Å². The summed E-state index contributed by atoms with van der Waals surface area (Å²) in [6, 6.07) is 9.59. The van der Waals surface area contributed by atoms with Crippen LogP contribution in [0.15, 0.2) is 30.3 Å². The molecule has 20 heavy (non-hydrogen) atoms. The number of hydrogen-bond acceptors (Lipinski definition) is 4. The molecule has 2 aromatic rings. The molecule has 0 spiro atoms. The normalized spacial score (nSPS) is 18.5. The molecule has 2 heterocycles. The van der Waals surface area contributed by atoms with Crippen LogP contribution in [0.3, 0.4) is 0 Å². The van der Waals surface area contributed by atoms with E-state index in [2.05, 4.69) is 17.3 Å². The van der Waals surface area contributed by atoms with E-state index >= 15 is 0 Å². The molecule has 0 radical (unpaired) electrons. The van der Waals surface area contributed by atoms with Gasteiger partial charge in [0.2, 0.25) is 0 Å². The van der Waals surface area contributed by atoms with E-state index in [-0.39, 0.29) is 5.91 Å². The second-order valence-corrected chi connectivity index (χ2v) is 5.37. The van der Waals surface area contributed by atoms with Crippen molar-refractivity contribution in [2.45, 2.75) is 13.3 Å². The van der Waals surface area contributed by atoms with Gasteiger partial charge in [-0.2, -0.15) is 0 Å². The number of carbonyl (C=O) groups is 1. The van der Waals surface area contributed by atoms with Crippen LogP contribution in [0.4, 0.5) is 5.82 Å². The van der Waals surface area contributed by atoms with Gasteiger partial charge in [-0.25, -0.2) is 10.8 Å². The van der Waals surface area contributed by atoms with Gasteiger partial charge in [-0.1, -0.05) is 31.2 Å². The van der Waals surface area contributed by atoms with Gasteiger partial charge >= 0.3 is 0 Å². The first kappa shape index (κ1) is 12.9. The number of fused-ring (bicyclic) bond motifs is 1. The fourth-order valence-electron chi connectivity index (χ4n) is 2.70. The first-order chi connectivity index (χ1) is 9.69. The minimum Gasteiger partial charge on any atom is -0.337 e. The summed E-state index contributed by atoms with van der Waals surface area (Å²) < 4.78 is 0. The molecule has 1 aromatic carbocycles. The summed E-state index contributed by atoms with van der Waals surface area (Å²) in [5, 5.41) is 1.88. The van der Waals surface area contributed by atoms with E-state index in [1.54, 1.807) is 0 Å². The summed E-state index contributed by atoms with van der Waals surface area (Å²) in [6.45, 7) is 3.77. The van der Waals surface area contributed by atoms with E-state index in [1.807, 2.05) is 35.2 Å². The fourth-order valence-corrected chi connectivity index (χ4v) is 2.70. The monoisotopic (exact) mass is 270 g/mol. The van der Waals surface area contributed by atoms with Gasteiger partial charge in [0, 0.05) is 18.5 Å². The zero-order valence-corrected chi connectivity index (χ0v) is 11.5. The molecule has 5 heteroatoms. The molecule has 1 unspecified atom stereocenters. The molecule has 1 saturated heterocycles. The van der Waals surface area contributed by atoms with Crippen molar-refractivity contribution in [1.29, 1.82) is 0 Å². The number of benzene rings is 1. The lowest BCUT2D eigenvalue weighted by molar-refractivity contribution is 0.0782. The Morgan fingerprint density at radius 1 is 1.45 bits per heavy atom. The van der Waals surface area contributed by atoms with E-state index in [4.69, 9.17) is 5.84 Å². The summed E-state index contributed by atoms with van der Waals surface area (Å²) in [5.74, 6) is 6.61. The molecule has 1 aliphatic rings. The van der Waals surface area contributed by atoms with Crippen molar-refractivity contribution < 1.29 is 4.79 Å². The van der Waals surface area contributed by atoms with E-state index in [0.717, 1.165) is 30.3 Å². The highest BCUT2D eigenvalue weighted by Crippen LogP contribution is 2.24. The van der Waals surface area contributed by atoms with Crippen molar-refractivity contribution in [2.75, 3.05) is 18.5 Å². The first-order valence-corrected chi connectivity index (χ1v) is 6.84. The van der Waals surface area contributed by atoms with Gasteiger partial charge < -0.3 is 10.3 Å². The first-order valence-electron chi connectivity index (χ1n) is 6.84. The average Bonchev–Trinajstić information content (AvgIpc) is 2.91. The van der Waals surface area contributed by atoms with E-state index in [1.165, 1.54) is 0 Å². The van der Waals surface area contributed by atoms with Gasteiger partial charge in [0.05, 0.1) is 0 Å². The molecule has 1 atom stereocenters. The van der Waals surface area contributed by atoms with Crippen LogP contribution in [-0.4, -0.2) is 28.9 Å². The number of nitrogens with zero attached hydrogens (tertiary/aromatic N) is 2. The molecule has 1 fully saturated rings. The van der Waals surface area contributed by atoms with Gasteiger partial charge in [0.1, 0.15) is 11.5 Å². The molecule has 104 valence electrons. The molecular weight excluding hydrogens is 252 g/mol. The second-order valence-electron chi connectivity index (χ2n) is 5.37. The maximum Gasteiger partial charge on any atom is 0.272 e. The van der Waals surface area contributed by atoms with Crippen molar-refractivity contribution >= 4 is 22.5 Å². The van der Waals surface area contributed by atoms with Gasteiger partial charge in [-0.15, -0.1) is 0 Å². The maximum atomic E-state index is 12.5. The number of nitrogens with two attached hydrogens (primary N) is 1. The quantitative estimate of drug-likeness (QED) is 0.647. The third-order valence-corrected chi connectivity index (χ3v) is 3.81. The zero-order chi connectivity index (χ0) is 14.1. The molecule has 1 aromatic heterocycles. The molecule has 5 nitrogen and oxygen atoms in total. The van der Waals surface area contributed by atoms with Crippen molar-refractivity contribution in [1.82, 2.24) is 9.88 Å². The number of anilines is 1. The second kappa shape index (κ2) is 5.09. The van der Waals surface area contributed by atoms with Gasteiger partial charge in [-0.05, 0) is 23.8 Å². The van der Waals surface area contributed by atoms with Gasteiger partial charge in [-0.3, -0.25) is 4.79 Å². The van der Waals surface area contributed by atoms with Crippen LogP contribution >= 0.6 is 0 Å². The maximum absolute atomic E-state index is 12.5. The minimum absolute atomic E-state index is 0.0170. The minimum atomic E-state index is -0.0170. The highest BCUT2D eigenvalue weighted by atomic mass is 16.2. The summed E-state index contributed by atoms with van der Waals surface area (Å²) in [5.41, 5.74) is 3.03. The largest absolute Gasteiger partial charge is 0.337 e. The number of hydrogen-bond donors (Lipinski definition) is 2. The Kier molecular flexibility index (Phi) is 3.28. The smallest absolute Gasteiger partial charge is 0.272 e. The number of hydrazine groups is 1. The average molecular weight is 270 g/mol. The molecule has 0 bridgehead atoms. The third-order valence-electron chi connectivity index (χ3n) is 3.81. The molecule has 3 rings (SSSR count). The van der Waals surface area contributed by atoms with Crippen LogP contribution in [0.2, 0.25) is 0 Å². The fraction of sp³-hybridized carbons (Fsp3) is 0.333. The summed E-state index contributed by atoms with van der Waals surface area (Å²) in [4.78, 5) is 18.7. The lowest BCUT2D eigenvalue weighted by Crippen LogP contribution is -2.29. The summed E-state index contributed by atoms with van der Waals surface area (Å²) in [7, 11) is 0. The Balaban J connectivity index is 2.01. The lowest BCUT2D eigenvalue weighted by Gasteiger charge is -2.16. The van der Waals surface area contributed by atoms with Crippen LogP contribution in [0.5, 0.6) is 0 Å². The third kappa shape index (κ3) is 2.20. The topological polar surface area (TPSA) is 71.2 Å². The molecular formula is C15H18N4O. The Labute approximate surface area is 117 Å². The van der Waals surface area contributed by atoms with Crippen molar-refractivity contribution in [2.24, 2.45) is 11.8 Å². The zero-order valence-electron chi connectivity index (χ0n) is 11.5. The van der Waals surface area contributed by atoms with Crippen molar-refractivity contribution in [3.05, 3.63) is 36.0 Å². The SMILES string of the molecule is CC1CCN(C(=O)c2cc3ccccc3c(NN)n2)C1. The number of nitrogen functional groups attached to an aromatic ring is 1. The number of carbonyl (C=O) groups excluding carboxylic acids is 1. The number of nitrogens with one attached hydrogen (secondary N) is 1. The summed E-state index contributed by atoms with van der Waals surface area (Å²) in [6.07, 6.45) is 1.06. The Morgan fingerprint density at radius 2 is 2.25 bits per heavy atom. The molecule has 0 saturated carbocycles.